The van der Waals surface area contributed by atoms with E-state index < -0.39 is 0 Å². The minimum atomic E-state index is -0.193. The first-order valence-electron chi connectivity index (χ1n) is 9.97. The Bertz CT molecular complexity index is 887. The average molecular weight is 389 g/mol. The van der Waals surface area contributed by atoms with Gasteiger partial charge in [-0.1, -0.05) is 50.2 Å². The number of nitrogen functional groups attached to an aromatic ring is 2. The zero-order valence-corrected chi connectivity index (χ0v) is 17.0. The molecule has 0 saturated heterocycles. The summed E-state index contributed by atoms with van der Waals surface area (Å²) < 4.78 is 5.46. The zero-order valence-electron chi connectivity index (χ0n) is 17.0. The number of ether oxygens (including phenoxy) is 1. The van der Waals surface area contributed by atoms with Crippen LogP contribution in [0.2, 0.25) is 0 Å². The molecule has 0 amide bonds. The van der Waals surface area contributed by atoms with Gasteiger partial charge < -0.3 is 16.2 Å². The minimum absolute atomic E-state index is 0.102. The molecule has 0 aliphatic carbocycles. The van der Waals surface area contributed by atoms with Gasteiger partial charge in [0.05, 0.1) is 5.92 Å². The van der Waals surface area contributed by atoms with E-state index in [1.54, 1.807) is 0 Å². The van der Waals surface area contributed by atoms with Crippen molar-refractivity contribution in [1.82, 2.24) is 0 Å². The molecular formula is C25H28N2O2. The summed E-state index contributed by atoms with van der Waals surface area (Å²) in [5, 5.41) is 0. The van der Waals surface area contributed by atoms with Gasteiger partial charge in [0.15, 0.2) is 0 Å². The number of nitrogens with two attached hydrogens (primary N) is 2. The second kappa shape index (κ2) is 9.28. The third-order valence-corrected chi connectivity index (χ3v) is 5.27. The molecule has 0 aliphatic rings. The predicted octanol–water partition coefficient (Wildman–Crippen LogP) is 5.18. The molecular weight excluding hydrogens is 360 g/mol. The Labute approximate surface area is 172 Å². The molecule has 4 N–H and O–H groups in total. The second-order valence-corrected chi connectivity index (χ2v) is 7.46. The van der Waals surface area contributed by atoms with Gasteiger partial charge in [-0.15, -0.1) is 0 Å². The molecule has 0 bridgehead atoms. The highest BCUT2D eigenvalue weighted by Crippen LogP contribution is 2.30. The van der Waals surface area contributed by atoms with Gasteiger partial charge in [-0.2, -0.15) is 0 Å². The van der Waals surface area contributed by atoms with Crippen molar-refractivity contribution in [2.24, 2.45) is 5.92 Å². The molecule has 0 radical (unpaired) electrons. The number of rotatable bonds is 7. The van der Waals surface area contributed by atoms with Crippen LogP contribution in [0.5, 0.6) is 5.75 Å². The standard InChI is InChI=1S/C25H28N2O2/c1-3-17(2)25(28)29-23-14-4-18(5-15-23)16-24(19-6-10-21(26)11-7-19)20-8-12-22(27)13-9-20/h4-15,17,24H,3,16,26-27H2,1-2H3. The summed E-state index contributed by atoms with van der Waals surface area (Å²) in [4.78, 5) is 12.0. The Kier molecular flexibility index (Phi) is 6.55. The predicted molar refractivity (Wildman–Crippen MR) is 119 cm³/mol. The van der Waals surface area contributed by atoms with Gasteiger partial charge in [0, 0.05) is 17.3 Å². The summed E-state index contributed by atoms with van der Waals surface area (Å²) in [5.74, 6) is 0.456. The van der Waals surface area contributed by atoms with Crippen LogP contribution in [-0.4, -0.2) is 5.97 Å². The lowest BCUT2D eigenvalue weighted by atomic mass is 9.86. The number of hydrogen-bond acceptors (Lipinski definition) is 4. The summed E-state index contributed by atoms with van der Waals surface area (Å²) in [5.41, 5.74) is 16.8. The molecule has 0 aliphatic heterocycles. The van der Waals surface area contributed by atoms with Crippen LogP contribution in [0, 0.1) is 5.92 Å². The van der Waals surface area contributed by atoms with E-state index in [0.717, 1.165) is 29.8 Å². The van der Waals surface area contributed by atoms with Gasteiger partial charge in [-0.25, -0.2) is 0 Å². The monoisotopic (exact) mass is 388 g/mol. The molecule has 0 fully saturated rings. The maximum atomic E-state index is 12.0. The van der Waals surface area contributed by atoms with E-state index in [1.165, 1.54) is 11.1 Å². The van der Waals surface area contributed by atoms with Crippen LogP contribution in [0.1, 0.15) is 42.9 Å². The molecule has 0 saturated carbocycles. The summed E-state index contributed by atoms with van der Waals surface area (Å²) in [7, 11) is 0. The van der Waals surface area contributed by atoms with Crippen molar-refractivity contribution in [1.29, 1.82) is 0 Å². The highest BCUT2D eigenvalue weighted by Gasteiger charge is 2.16. The van der Waals surface area contributed by atoms with Crippen LogP contribution in [0.4, 0.5) is 11.4 Å². The number of esters is 1. The molecule has 3 aromatic rings. The van der Waals surface area contributed by atoms with Crippen LogP contribution in [0.25, 0.3) is 0 Å². The van der Waals surface area contributed by atoms with E-state index in [2.05, 4.69) is 24.3 Å². The molecule has 150 valence electrons. The average Bonchev–Trinajstić information content (AvgIpc) is 2.74. The Morgan fingerprint density at radius 2 is 1.31 bits per heavy atom. The third-order valence-electron chi connectivity index (χ3n) is 5.27. The fourth-order valence-corrected chi connectivity index (χ4v) is 3.20. The van der Waals surface area contributed by atoms with Crippen molar-refractivity contribution in [3.63, 3.8) is 0 Å². The summed E-state index contributed by atoms with van der Waals surface area (Å²) in [6.45, 7) is 3.85. The molecule has 4 heteroatoms. The molecule has 1 atom stereocenters. The lowest BCUT2D eigenvalue weighted by molar-refractivity contribution is -0.138. The highest BCUT2D eigenvalue weighted by molar-refractivity contribution is 5.74. The molecule has 0 heterocycles. The number of carbonyl (C=O) groups excluding carboxylic acids is 1. The third kappa shape index (κ3) is 5.38. The van der Waals surface area contributed by atoms with Crippen LogP contribution in [-0.2, 0) is 11.2 Å². The van der Waals surface area contributed by atoms with Crippen LogP contribution >= 0.6 is 0 Å². The minimum Gasteiger partial charge on any atom is -0.426 e. The molecule has 4 nitrogen and oxygen atoms in total. The van der Waals surface area contributed by atoms with Crippen LogP contribution in [0.3, 0.4) is 0 Å². The molecule has 29 heavy (non-hydrogen) atoms. The summed E-state index contributed by atoms with van der Waals surface area (Å²) >= 11 is 0. The fourth-order valence-electron chi connectivity index (χ4n) is 3.20. The zero-order chi connectivity index (χ0) is 20.8. The van der Waals surface area contributed by atoms with Crippen molar-refractivity contribution in [3.8, 4) is 5.75 Å². The van der Waals surface area contributed by atoms with E-state index in [-0.39, 0.29) is 17.8 Å². The fraction of sp³-hybridized carbons (Fsp3) is 0.240. The number of hydrogen-bond donors (Lipinski definition) is 2. The lowest BCUT2D eigenvalue weighted by Crippen LogP contribution is -2.16. The molecule has 0 spiro atoms. The quantitative estimate of drug-likeness (QED) is 0.332. The normalized spacial score (nSPS) is 12.0. The smallest absolute Gasteiger partial charge is 0.314 e. The molecule has 3 rings (SSSR count). The largest absolute Gasteiger partial charge is 0.426 e. The van der Waals surface area contributed by atoms with Gasteiger partial charge in [-0.05, 0) is 65.9 Å². The van der Waals surface area contributed by atoms with Crippen molar-refractivity contribution < 1.29 is 9.53 Å². The van der Waals surface area contributed by atoms with Gasteiger partial charge in [0.25, 0.3) is 0 Å². The maximum absolute atomic E-state index is 12.0. The topological polar surface area (TPSA) is 78.3 Å². The van der Waals surface area contributed by atoms with E-state index >= 15 is 0 Å². The highest BCUT2D eigenvalue weighted by atomic mass is 16.5. The first-order valence-corrected chi connectivity index (χ1v) is 9.97. The first kappa shape index (κ1) is 20.5. The van der Waals surface area contributed by atoms with Crippen LogP contribution in [0.15, 0.2) is 72.8 Å². The van der Waals surface area contributed by atoms with Gasteiger partial charge in [0.1, 0.15) is 5.75 Å². The van der Waals surface area contributed by atoms with Crippen molar-refractivity contribution in [3.05, 3.63) is 89.5 Å². The van der Waals surface area contributed by atoms with E-state index in [9.17, 15) is 4.79 Å². The van der Waals surface area contributed by atoms with Gasteiger partial charge in [-0.3, -0.25) is 4.79 Å². The van der Waals surface area contributed by atoms with Gasteiger partial charge >= 0.3 is 5.97 Å². The molecule has 1 unspecified atom stereocenters. The molecule has 0 aromatic heterocycles. The Hall–Kier alpha value is -3.27. The number of carbonyl (C=O) groups is 1. The maximum Gasteiger partial charge on any atom is 0.314 e. The van der Waals surface area contributed by atoms with Crippen molar-refractivity contribution in [2.75, 3.05) is 11.5 Å². The number of benzene rings is 3. The Morgan fingerprint density at radius 1 is 0.828 bits per heavy atom. The van der Waals surface area contributed by atoms with E-state index in [4.69, 9.17) is 16.2 Å². The lowest BCUT2D eigenvalue weighted by Gasteiger charge is -2.19. The van der Waals surface area contributed by atoms with E-state index in [1.807, 2.05) is 62.4 Å². The number of anilines is 2. The van der Waals surface area contributed by atoms with E-state index in [0.29, 0.717) is 5.75 Å². The van der Waals surface area contributed by atoms with Gasteiger partial charge in [0.2, 0.25) is 0 Å². The second-order valence-electron chi connectivity index (χ2n) is 7.46. The SMILES string of the molecule is CCC(C)C(=O)Oc1ccc(CC(c2ccc(N)cc2)c2ccc(N)cc2)cc1. The Balaban J connectivity index is 1.81. The van der Waals surface area contributed by atoms with Crippen LogP contribution < -0.4 is 16.2 Å². The summed E-state index contributed by atoms with van der Waals surface area (Å²) in [6.07, 6.45) is 1.58. The molecule has 3 aromatic carbocycles. The first-order chi connectivity index (χ1) is 14.0. The Morgan fingerprint density at radius 3 is 1.76 bits per heavy atom. The van der Waals surface area contributed by atoms with Crippen molar-refractivity contribution >= 4 is 17.3 Å². The van der Waals surface area contributed by atoms with Crippen molar-refractivity contribution in [2.45, 2.75) is 32.6 Å². The summed E-state index contributed by atoms with van der Waals surface area (Å²) in [6, 6.07) is 23.7.